The van der Waals surface area contributed by atoms with Crippen LogP contribution in [0, 0.1) is 44.6 Å². The van der Waals surface area contributed by atoms with Gasteiger partial charge in [-0.2, -0.15) is 0 Å². The number of non-ortho nitro benzene ring substituents is 1. The molecule has 7 nitrogen and oxygen atoms in total. The van der Waals surface area contributed by atoms with Gasteiger partial charge in [-0.1, -0.05) is 32.1 Å². The molecule has 3 saturated carbocycles. The topological polar surface area (TPSA) is 115 Å². The Bertz CT molecular complexity index is 1050. The van der Waals surface area contributed by atoms with Crippen molar-refractivity contribution in [2.24, 2.45) is 40.2 Å². The average Bonchev–Trinajstić information content (AvgIpc) is 3.10. The Kier molecular flexibility index (Phi) is 5.14. The number of carbonyl (C=O) groups is 2. The molecule has 176 valence electrons. The Labute approximate surface area is 194 Å². The standard InChI is InChI=1S/C18H25NO.C8H8N2O3/c1-17-8-7-14-10-3-6-15-18(14,2)9-11(16(20)19-15)13(17)5-4-12(10)17;9-8(11)5-6-2-1-3-7(4-6)10(12)13/h9-10,12-15H,3-8H2,1-2H3,(H,19,20);1-4H,5H2,(H2,9,11)/t10-,12-,13?,14+,15?,17-,18+;/m0./s1. The lowest BCUT2D eigenvalue weighted by molar-refractivity contribution is -0.384. The summed E-state index contributed by atoms with van der Waals surface area (Å²) in [7, 11) is 0. The van der Waals surface area contributed by atoms with Gasteiger partial charge in [0, 0.05) is 29.2 Å². The Hall–Kier alpha value is -2.70. The molecule has 0 radical (unpaired) electrons. The number of nitro groups is 1. The molecule has 5 aliphatic carbocycles. The molecule has 1 heterocycles. The quantitative estimate of drug-likeness (QED) is 0.535. The third-order valence-corrected chi connectivity index (χ3v) is 9.68. The van der Waals surface area contributed by atoms with Gasteiger partial charge in [-0.15, -0.1) is 0 Å². The van der Waals surface area contributed by atoms with Crippen molar-refractivity contribution in [1.29, 1.82) is 0 Å². The number of nitrogens with one attached hydrogen (secondary N) is 1. The van der Waals surface area contributed by atoms with Gasteiger partial charge in [-0.05, 0) is 73.2 Å². The summed E-state index contributed by atoms with van der Waals surface area (Å²) in [6.45, 7) is 4.95. The molecular formula is C26H33N3O4. The van der Waals surface area contributed by atoms with Gasteiger partial charge in [-0.25, -0.2) is 0 Å². The van der Waals surface area contributed by atoms with Crippen LogP contribution in [0.5, 0.6) is 0 Å². The highest BCUT2D eigenvalue weighted by atomic mass is 16.6. The summed E-state index contributed by atoms with van der Waals surface area (Å²) in [5.74, 6) is 2.93. The number of hydrogen-bond donors (Lipinski definition) is 2. The van der Waals surface area contributed by atoms with Crippen LogP contribution in [0.15, 0.2) is 35.9 Å². The number of primary amides is 1. The van der Waals surface area contributed by atoms with Crippen molar-refractivity contribution in [1.82, 2.24) is 5.32 Å². The van der Waals surface area contributed by atoms with E-state index in [0.29, 0.717) is 22.9 Å². The van der Waals surface area contributed by atoms with Crippen LogP contribution in [-0.2, 0) is 16.0 Å². The van der Waals surface area contributed by atoms with Crippen LogP contribution in [0.1, 0.15) is 57.9 Å². The fourth-order valence-corrected chi connectivity index (χ4v) is 8.22. The van der Waals surface area contributed by atoms with Crippen LogP contribution >= 0.6 is 0 Å². The van der Waals surface area contributed by atoms with Gasteiger partial charge >= 0.3 is 0 Å². The fraction of sp³-hybridized carbons (Fsp3) is 0.615. The van der Waals surface area contributed by atoms with Crippen molar-refractivity contribution in [3.05, 3.63) is 51.6 Å². The minimum Gasteiger partial charge on any atom is -0.369 e. The van der Waals surface area contributed by atoms with E-state index in [-0.39, 0.29) is 23.4 Å². The predicted octanol–water partition coefficient (Wildman–Crippen LogP) is 3.91. The summed E-state index contributed by atoms with van der Waals surface area (Å²) < 4.78 is 0. The van der Waals surface area contributed by atoms with Gasteiger partial charge in [0.15, 0.2) is 0 Å². The molecule has 1 aliphatic heterocycles. The van der Waals surface area contributed by atoms with E-state index in [9.17, 15) is 19.7 Å². The minimum atomic E-state index is -0.509. The number of carbonyl (C=O) groups excluding carboxylic acids is 2. The van der Waals surface area contributed by atoms with E-state index < -0.39 is 10.8 Å². The average molecular weight is 452 g/mol. The van der Waals surface area contributed by atoms with Crippen LogP contribution in [0.2, 0.25) is 0 Å². The van der Waals surface area contributed by atoms with Gasteiger partial charge in [0.1, 0.15) is 0 Å². The zero-order valence-corrected chi connectivity index (χ0v) is 19.4. The Morgan fingerprint density at radius 3 is 2.70 bits per heavy atom. The number of hydrogen-bond acceptors (Lipinski definition) is 4. The minimum absolute atomic E-state index is 0.0289. The monoisotopic (exact) mass is 451 g/mol. The molecule has 0 saturated heterocycles. The molecule has 3 N–H and O–H groups in total. The van der Waals surface area contributed by atoms with E-state index in [1.807, 2.05) is 0 Å². The molecule has 7 atom stereocenters. The Morgan fingerprint density at radius 2 is 1.97 bits per heavy atom. The molecule has 2 unspecified atom stereocenters. The number of nitrogens with zero attached hydrogens (tertiary/aromatic N) is 1. The number of rotatable bonds is 3. The highest BCUT2D eigenvalue weighted by Crippen LogP contribution is 2.68. The number of fused-ring (bicyclic) bond motifs is 1. The van der Waals surface area contributed by atoms with E-state index in [4.69, 9.17) is 5.73 Å². The lowest BCUT2D eigenvalue weighted by Gasteiger charge is -2.62. The molecule has 33 heavy (non-hydrogen) atoms. The first-order valence-electron chi connectivity index (χ1n) is 12.2. The molecule has 7 heteroatoms. The van der Waals surface area contributed by atoms with Crippen molar-refractivity contribution < 1.29 is 14.5 Å². The number of amides is 2. The predicted molar refractivity (Wildman–Crippen MR) is 124 cm³/mol. The smallest absolute Gasteiger partial charge is 0.269 e. The molecule has 7 rings (SSSR count). The summed E-state index contributed by atoms with van der Waals surface area (Å²) in [5.41, 5.74) is 7.29. The SMILES string of the molecule is C[C@]12C=C3C(=O)NC1CC[C@@H]1[C@H]2CC[C@]2(C)C3CC[C@@H]12.NC(=O)Cc1cccc([N+](=O)[O-])c1. The second-order valence-corrected chi connectivity index (χ2v) is 11.2. The van der Waals surface area contributed by atoms with Crippen molar-refractivity contribution in [2.75, 3.05) is 0 Å². The van der Waals surface area contributed by atoms with Crippen LogP contribution in [0.25, 0.3) is 0 Å². The van der Waals surface area contributed by atoms with E-state index in [1.165, 1.54) is 62.3 Å². The number of nitrogens with two attached hydrogens (primary N) is 1. The Morgan fingerprint density at radius 1 is 1.18 bits per heavy atom. The number of nitro benzene ring substituents is 1. The van der Waals surface area contributed by atoms with Crippen molar-refractivity contribution >= 4 is 17.5 Å². The van der Waals surface area contributed by atoms with Crippen LogP contribution < -0.4 is 11.1 Å². The van der Waals surface area contributed by atoms with Crippen molar-refractivity contribution in [3.63, 3.8) is 0 Å². The van der Waals surface area contributed by atoms with Gasteiger partial charge in [0.25, 0.3) is 5.69 Å². The fourth-order valence-electron chi connectivity index (χ4n) is 8.22. The highest BCUT2D eigenvalue weighted by molar-refractivity contribution is 5.95. The normalized spacial score (nSPS) is 39.5. The van der Waals surface area contributed by atoms with Crippen LogP contribution in [0.3, 0.4) is 0 Å². The maximum atomic E-state index is 12.6. The van der Waals surface area contributed by atoms with E-state index in [0.717, 1.165) is 17.8 Å². The maximum absolute atomic E-state index is 12.6. The second kappa shape index (κ2) is 7.67. The van der Waals surface area contributed by atoms with Crippen molar-refractivity contribution in [3.8, 4) is 0 Å². The molecule has 6 aliphatic rings. The Balaban J connectivity index is 0.000000154. The van der Waals surface area contributed by atoms with Gasteiger partial charge in [0.05, 0.1) is 11.3 Å². The van der Waals surface area contributed by atoms with E-state index in [1.54, 1.807) is 6.07 Å². The summed E-state index contributed by atoms with van der Waals surface area (Å²) in [4.78, 5) is 32.9. The first kappa shape index (κ1) is 22.1. The molecule has 1 aromatic carbocycles. The third kappa shape index (κ3) is 3.39. The van der Waals surface area contributed by atoms with Crippen LogP contribution in [0.4, 0.5) is 5.69 Å². The lowest BCUT2D eigenvalue weighted by atomic mass is 9.45. The maximum Gasteiger partial charge on any atom is 0.269 e. The lowest BCUT2D eigenvalue weighted by Crippen LogP contribution is -2.62. The molecule has 1 aromatic rings. The molecule has 0 aromatic heterocycles. The van der Waals surface area contributed by atoms with E-state index >= 15 is 0 Å². The third-order valence-electron chi connectivity index (χ3n) is 9.68. The first-order valence-corrected chi connectivity index (χ1v) is 12.2. The number of benzene rings is 1. The zero-order chi connectivity index (χ0) is 23.5. The molecule has 3 fully saturated rings. The summed E-state index contributed by atoms with van der Waals surface area (Å²) in [5, 5.41) is 13.7. The largest absolute Gasteiger partial charge is 0.369 e. The summed E-state index contributed by atoms with van der Waals surface area (Å²) in [6.07, 6.45) is 10.4. The highest BCUT2D eigenvalue weighted by Gasteiger charge is 2.63. The molecule has 7 bridgehead atoms. The molecular weight excluding hydrogens is 418 g/mol. The zero-order valence-electron chi connectivity index (χ0n) is 19.4. The summed E-state index contributed by atoms with van der Waals surface area (Å²) in [6, 6.07) is 6.26. The second-order valence-electron chi connectivity index (χ2n) is 11.2. The molecule has 2 amide bonds. The van der Waals surface area contributed by atoms with Crippen LogP contribution in [-0.4, -0.2) is 22.8 Å². The van der Waals surface area contributed by atoms with Gasteiger partial charge in [-0.3, -0.25) is 19.7 Å². The molecule has 0 spiro atoms. The van der Waals surface area contributed by atoms with Gasteiger partial charge < -0.3 is 11.1 Å². The van der Waals surface area contributed by atoms with Gasteiger partial charge in [0.2, 0.25) is 11.8 Å². The summed E-state index contributed by atoms with van der Waals surface area (Å²) >= 11 is 0. The van der Waals surface area contributed by atoms with E-state index in [2.05, 4.69) is 25.2 Å². The van der Waals surface area contributed by atoms with Crippen molar-refractivity contribution in [2.45, 2.75) is 64.8 Å². The first-order chi connectivity index (χ1) is 15.6.